The summed E-state index contributed by atoms with van der Waals surface area (Å²) in [6.45, 7) is 0. The molecule has 15 heteroatoms. The number of hydrogen-bond acceptors (Lipinski definition) is 4. The molecular weight excluding hydrogens is 634 g/mol. The number of hydrogen-bond donors (Lipinski definition) is 3. The summed E-state index contributed by atoms with van der Waals surface area (Å²) in [4.78, 5) is 37.1. The molecule has 3 aromatic rings. The molecule has 1 aliphatic carbocycles. The molecule has 3 N–H and O–H groups in total. The Hall–Kier alpha value is -3.56. The first-order valence-electron chi connectivity index (χ1n) is 11.3. The summed E-state index contributed by atoms with van der Waals surface area (Å²) < 4.78 is 49.7. The second-order valence-electron chi connectivity index (χ2n) is 8.77. The van der Waals surface area contributed by atoms with Gasteiger partial charge in [0.15, 0.2) is 0 Å². The van der Waals surface area contributed by atoms with Gasteiger partial charge in [-0.1, -0.05) is 29.3 Å². The smallest absolute Gasteiger partial charge is 0.326 e. The third-order valence-corrected chi connectivity index (χ3v) is 7.58. The molecule has 41 heavy (non-hydrogen) atoms. The van der Waals surface area contributed by atoms with Crippen molar-refractivity contribution >= 4 is 81.2 Å². The van der Waals surface area contributed by atoms with E-state index in [1.807, 2.05) is 0 Å². The molecule has 0 spiro atoms. The predicted molar refractivity (Wildman–Crippen MR) is 146 cm³/mol. The summed E-state index contributed by atoms with van der Waals surface area (Å²) in [5.74, 6) is -5.90. The van der Waals surface area contributed by atoms with Crippen molar-refractivity contribution in [2.45, 2.75) is 16.4 Å². The van der Waals surface area contributed by atoms with Crippen molar-refractivity contribution < 1.29 is 31.9 Å². The Bertz CT molecular complexity index is 1630. The minimum Gasteiger partial charge on any atom is -0.326 e. The van der Waals surface area contributed by atoms with Crippen LogP contribution < -0.4 is 16.0 Å². The van der Waals surface area contributed by atoms with Gasteiger partial charge in [0.05, 0.1) is 32.8 Å². The Kier molecular flexibility index (Phi) is 8.43. The maximum absolute atomic E-state index is 13.5. The van der Waals surface area contributed by atoms with Crippen LogP contribution in [0, 0.1) is 23.1 Å². The van der Waals surface area contributed by atoms with Crippen molar-refractivity contribution in [1.82, 2.24) is 0 Å². The van der Waals surface area contributed by atoms with Gasteiger partial charge in [-0.25, -0.2) is 4.39 Å². The Morgan fingerprint density at radius 3 is 2.17 bits per heavy atom. The van der Waals surface area contributed by atoms with E-state index < -0.39 is 51.6 Å². The Labute approximate surface area is 249 Å². The largest absolute Gasteiger partial charge is 0.471 e. The van der Waals surface area contributed by atoms with E-state index in [9.17, 15) is 37.2 Å². The quantitative estimate of drug-likeness (QED) is 0.193. The van der Waals surface area contributed by atoms with E-state index in [0.717, 1.165) is 18.2 Å². The molecule has 3 aromatic carbocycles. The molecule has 0 aliphatic heterocycles. The van der Waals surface area contributed by atoms with Crippen LogP contribution in [0.2, 0.25) is 10.0 Å². The Balaban J connectivity index is 1.48. The van der Waals surface area contributed by atoms with Crippen LogP contribution >= 0.6 is 46.4 Å². The molecule has 2 atom stereocenters. The maximum atomic E-state index is 13.5. The summed E-state index contributed by atoms with van der Waals surface area (Å²) in [5.41, 5.74) is -0.239. The number of nitriles is 1. The van der Waals surface area contributed by atoms with Crippen LogP contribution in [0.25, 0.3) is 0 Å². The van der Waals surface area contributed by atoms with E-state index >= 15 is 0 Å². The van der Waals surface area contributed by atoms with Gasteiger partial charge < -0.3 is 16.0 Å². The number of amides is 3. The minimum atomic E-state index is -5.17. The van der Waals surface area contributed by atoms with Crippen molar-refractivity contribution in [3.63, 3.8) is 0 Å². The maximum Gasteiger partial charge on any atom is 0.471 e. The van der Waals surface area contributed by atoms with Crippen molar-refractivity contribution in [3.8, 4) is 6.07 Å². The van der Waals surface area contributed by atoms with Gasteiger partial charge in [-0.15, -0.1) is 23.2 Å². The molecule has 0 bridgehead atoms. The molecule has 0 radical (unpaired) electrons. The molecule has 4 rings (SSSR count). The minimum absolute atomic E-state index is 0.00917. The molecule has 0 saturated heterocycles. The monoisotopic (exact) mass is 646 g/mol. The first-order valence-corrected chi connectivity index (χ1v) is 12.8. The average Bonchev–Trinajstić information content (AvgIpc) is 3.48. The summed E-state index contributed by atoms with van der Waals surface area (Å²) in [6.07, 6.45) is -5.17. The number of nitrogens with zero attached hydrogens (tertiary/aromatic N) is 1. The standard InChI is InChI=1S/C26H14Cl4F4N4O3/c27-16-4-2-14(37-23(40)21-20(25(21,29)30)11-1-5-18(31)17(28)8-11)9-15(16)22(39)36-13-3-6-19(12(7-13)10-35)38-24(41)26(32,33)34/h1-9,20-21H,(H,36,39)(H,37,40)(H,38,41). The zero-order chi connectivity index (χ0) is 30.3. The number of alkyl halides is 5. The van der Waals surface area contributed by atoms with Gasteiger partial charge in [0.1, 0.15) is 16.2 Å². The molecule has 3 amide bonds. The lowest BCUT2D eigenvalue weighted by atomic mass is 10.1. The third-order valence-electron chi connectivity index (χ3n) is 6.02. The highest BCUT2D eigenvalue weighted by Crippen LogP contribution is 2.65. The van der Waals surface area contributed by atoms with Crippen LogP contribution in [0.5, 0.6) is 0 Å². The van der Waals surface area contributed by atoms with Crippen molar-refractivity contribution in [3.05, 3.63) is 87.2 Å². The van der Waals surface area contributed by atoms with Gasteiger partial charge in [-0.2, -0.15) is 18.4 Å². The fourth-order valence-electron chi connectivity index (χ4n) is 3.99. The highest BCUT2D eigenvalue weighted by molar-refractivity contribution is 6.53. The van der Waals surface area contributed by atoms with Crippen molar-refractivity contribution in [1.29, 1.82) is 5.26 Å². The molecule has 2 unspecified atom stereocenters. The molecule has 0 heterocycles. The van der Waals surface area contributed by atoms with Gasteiger partial charge >= 0.3 is 12.1 Å². The van der Waals surface area contributed by atoms with E-state index in [0.29, 0.717) is 5.56 Å². The zero-order valence-corrected chi connectivity index (χ0v) is 23.1. The lowest BCUT2D eigenvalue weighted by molar-refractivity contribution is -0.167. The van der Waals surface area contributed by atoms with E-state index in [4.69, 9.17) is 46.4 Å². The first-order chi connectivity index (χ1) is 19.1. The second-order valence-corrected chi connectivity index (χ2v) is 11.0. The van der Waals surface area contributed by atoms with Gasteiger partial charge in [-0.3, -0.25) is 14.4 Å². The number of anilines is 3. The van der Waals surface area contributed by atoms with E-state index in [2.05, 4.69) is 10.6 Å². The fraction of sp³-hybridized carbons (Fsp3) is 0.154. The summed E-state index contributed by atoms with van der Waals surface area (Å²) in [7, 11) is 0. The van der Waals surface area contributed by atoms with Gasteiger partial charge in [0.2, 0.25) is 5.91 Å². The van der Waals surface area contributed by atoms with Crippen LogP contribution in [0.1, 0.15) is 27.4 Å². The number of halogens is 8. The number of carbonyl (C=O) groups excluding carboxylic acids is 3. The van der Waals surface area contributed by atoms with Gasteiger partial charge in [0.25, 0.3) is 5.91 Å². The molecule has 1 fully saturated rings. The molecule has 1 saturated carbocycles. The third kappa shape index (κ3) is 6.52. The Morgan fingerprint density at radius 2 is 1.54 bits per heavy atom. The van der Waals surface area contributed by atoms with Crippen LogP contribution in [-0.4, -0.2) is 28.2 Å². The fourth-order valence-corrected chi connectivity index (χ4v) is 5.21. The van der Waals surface area contributed by atoms with Crippen LogP contribution in [0.4, 0.5) is 34.6 Å². The van der Waals surface area contributed by atoms with Crippen molar-refractivity contribution in [2.24, 2.45) is 5.92 Å². The van der Waals surface area contributed by atoms with Gasteiger partial charge in [0, 0.05) is 17.3 Å². The van der Waals surface area contributed by atoms with Crippen LogP contribution in [0.3, 0.4) is 0 Å². The number of carbonyl (C=O) groups is 3. The topological polar surface area (TPSA) is 111 Å². The second kappa shape index (κ2) is 11.4. The number of nitrogens with one attached hydrogen (secondary N) is 3. The van der Waals surface area contributed by atoms with Crippen LogP contribution in [0.15, 0.2) is 54.6 Å². The summed E-state index contributed by atoms with van der Waals surface area (Å²) in [5, 5.41) is 15.7. The predicted octanol–water partition coefficient (Wildman–Crippen LogP) is 7.28. The van der Waals surface area contributed by atoms with Gasteiger partial charge in [-0.05, 0) is 54.1 Å². The summed E-state index contributed by atoms with van der Waals surface area (Å²) >= 11 is 24.6. The SMILES string of the molecule is N#Cc1cc(NC(=O)c2cc(NC(=O)C3C(c4ccc(F)c(Cl)c4)C3(Cl)Cl)ccc2Cl)ccc1NC(=O)C(F)(F)F. The highest BCUT2D eigenvalue weighted by Gasteiger charge is 2.67. The van der Waals surface area contributed by atoms with Crippen molar-refractivity contribution in [2.75, 3.05) is 16.0 Å². The first kappa shape index (κ1) is 30.4. The molecule has 212 valence electrons. The molecule has 0 aromatic heterocycles. The molecule has 1 aliphatic rings. The van der Waals surface area contributed by atoms with Crippen LogP contribution in [-0.2, 0) is 9.59 Å². The van der Waals surface area contributed by atoms with E-state index in [1.165, 1.54) is 36.4 Å². The highest BCUT2D eigenvalue weighted by atomic mass is 35.5. The van der Waals surface area contributed by atoms with E-state index in [1.54, 1.807) is 11.4 Å². The zero-order valence-electron chi connectivity index (χ0n) is 20.0. The molecular formula is C26H14Cl4F4N4O3. The molecule has 7 nitrogen and oxygen atoms in total. The number of rotatable bonds is 6. The normalized spacial score (nSPS) is 17.2. The lowest BCUT2D eigenvalue weighted by Crippen LogP contribution is -2.30. The Morgan fingerprint density at radius 1 is 0.878 bits per heavy atom. The van der Waals surface area contributed by atoms with E-state index in [-0.39, 0.29) is 32.5 Å². The average molecular weight is 648 g/mol. The number of benzene rings is 3. The summed E-state index contributed by atoms with van der Waals surface area (Å²) in [6, 6.07) is 12.8. The lowest BCUT2D eigenvalue weighted by Gasteiger charge is -2.12.